The SMILES string of the molecule is CS(=O)Oc1cc(N)ccc1C(=O)N1CCOCC1. The first-order valence-corrected chi connectivity index (χ1v) is 7.34. The molecule has 6 nitrogen and oxygen atoms in total. The molecule has 1 heterocycles. The second-order valence-corrected chi connectivity index (χ2v) is 5.11. The molecular formula is C12H16N2O4S. The van der Waals surface area contributed by atoms with E-state index in [-0.39, 0.29) is 11.7 Å². The van der Waals surface area contributed by atoms with Gasteiger partial charge in [0.05, 0.1) is 18.8 Å². The van der Waals surface area contributed by atoms with Crippen molar-refractivity contribution in [3.63, 3.8) is 0 Å². The summed E-state index contributed by atoms with van der Waals surface area (Å²) >= 11 is -1.51. The number of amides is 1. The molecule has 1 aromatic rings. The highest BCUT2D eigenvalue weighted by molar-refractivity contribution is 7.79. The monoisotopic (exact) mass is 284 g/mol. The highest BCUT2D eigenvalue weighted by Crippen LogP contribution is 2.24. The first-order valence-electron chi connectivity index (χ1n) is 5.86. The third kappa shape index (κ3) is 3.45. The van der Waals surface area contributed by atoms with Crippen LogP contribution in [0.1, 0.15) is 10.4 Å². The Kier molecular flexibility index (Phi) is 4.39. The highest BCUT2D eigenvalue weighted by Gasteiger charge is 2.22. The molecule has 0 aliphatic carbocycles. The predicted octanol–water partition coefficient (Wildman–Crippen LogP) is 0.413. The molecule has 0 aromatic heterocycles. The molecule has 1 aromatic carbocycles. The third-order valence-electron chi connectivity index (χ3n) is 2.74. The summed E-state index contributed by atoms with van der Waals surface area (Å²) < 4.78 is 21.5. The van der Waals surface area contributed by atoms with Crippen molar-refractivity contribution in [2.24, 2.45) is 0 Å². The Labute approximate surface area is 114 Å². The van der Waals surface area contributed by atoms with Crippen LogP contribution in [-0.2, 0) is 15.8 Å². The van der Waals surface area contributed by atoms with Gasteiger partial charge in [-0.2, -0.15) is 0 Å². The van der Waals surface area contributed by atoms with Gasteiger partial charge >= 0.3 is 0 Å². The lowest BCUT2D eigenvalue weighted by atomic mass is 10.1. The van der Waals surface area contributed by atoms with Crippen LogP contribution in [0, 0.1) is 0 Å². The molecule has 19 heavy (non-hydrogen) atoms. The number of nitrogens with zero attached hydrogens (tertiary/aromatic N) is 1. The topological polar surface area (TPSA) is 81.9 Å². The summed E-state index contributed by atoms with van der Waals surface area (Å²) in [6.45, 7) is 2.13. The average molecular weight is 284 g/mol. The highest BCUT2D eigenvalue weighted by atomic mass is 32.2. The van der Waals surface area contributed by atoms with Gasteiger partial charge in [0.15, 0.2) is 5.75 Å². The average Bonchev–Trinajstić information content (AvgIpc) is 2.38. The molecule has 0 bridgehead atoms. The molecule has 1 amide bonds. The molecule has 104 valence electrons. The van der Waals surface area contributed by atoms with E-state index in [1.54, 1.807) is 17.0 Å². The Balaban J connectivity index is 2.26. The van der Waals surface area contributed by atoms with E-state index >= 15 is 0 Å². The smallest absolute Gasteiger partial charge is 0.257 e. The molecule has 0 radical (unpaired) electrons. The van der Waals surface area contributed by atoms with Crippen molar-refractivity contribution >= 4 is 22.7 Å². The standard InChI is InChI=1S/C12H16N2O4S/c1-19(16)18-11-8-9(13)2-3-10(11)12(15)14-4-6-17-7-5-14/h2-3,8H,4-7,13H2,1H3. The second kappa shape index (κ2) is 6.03. The summed E-state index contributed by atoms with van der Waals surface area (Å²) in [7, 11) is 0. The minimum absolute atomic E-state index is 0.163. The summed E-state index contributed by atoms with van der Waals surface area (Å²) in [4.78, 5) is 14.0. The van der Waals surface area contributed by atoms with Gasteiger partial charge in [0.2, 0.25) is 11.1 Å². The lowest BCUT2D eigenvalue weighted by Gasteiger charge is -2.27. The summed E-state index contributed by atoms with van der Waals surface area (Å²) in [5.74, 6) is 0.0843. The summed E-state index contributed by atoms with van der Waals surface area (Å²) in [5, 5.41) is 0. The fourth-order valence-electron chi connectivity index (χ4n) is 1.85. The number of hydrogen-bond acceptors (Lipinski definition) is 5. The van der Waals surface area contributed by atoms with Crippen molar-refractivity contribution in [2.75, 3.05) is 38.3 Å². The molecule has 1 atom stereocenters. The molecule has 2 N–H and O–H groups in total. The Hall–Kier alpha value is -1.60. The van der Waals surface area contributed by atoms with Crippen LogP contribution in [0.4, 0.5) is 5.69 Å². The van der Waals surface area contributed by atoms with Gasteiger partial charge in [-0.15, -0.1) is 0 Å². The minimum Gasteiger partial charge on any atom is -0.400 e. The van der Waals surface area contributed by atoms with Crippen molar-refractivity contribution in [2.45, 2.75) is 0 Å². The number of rotatable bonds is 3. The number of carbonyl (C=O) groups excluding carboxylic acids is 1. The number of benzene rings is 1. The maximum atomic E-state index is 12.4. The summed E-state index contributed by atoms with van der Waals surface area (Å²) in [6, 6.07) is 4.73. The van der Waals surface area contributed by atoms with Crippen molar-refractivity contribution < 1.29 is 17.9 Å². The van der Waals surface area contributed by atoms with E-state index in [0.717, 1.165) is 0 Å². The van der Waals surface area contributed by atoms with E-state index in [0.29, 0.717) is 37.6 Å². The molecule has 1 aliphatic heterocycles. The molecule has 1 aliphatic rings. The van der Waals surface area contributed by atoms with Crippen LogP contribution in [0.2, 0.25) is 0 Å². The van der Waals surface area contributed by atoms with Gasteiger partial charge < -0.3 is 19.6 Å². The largest absolute Gasteiger partial charge is 0.400 e. The maximum absolute atomic E-state index is 12.4. The van der Waals surface area contributed by atoms with Crippen LogP contribution in [0.25, 0.3) is 0 Å². The zero-order chi connectivity index (χ0) is 13.8. The number of anilines is 1. The fraction of sp³-hybridized carbons (Fsp3) is 0.417. The van der Waals surface area contributed by atoms with Gasteiger partial charge in [-0.05, 0) is 12.1 Å². The number of nitrogens with two attached hydrogens (primary N) is 1. The van der Waals surface area contributed by atoms with E-state index in [4.69, 9.17) is 14.7 Å². The van der Waals surface area contributed by atoms with Crippen molar-refractivity contribution in [3.8, 4) is 5.75 Å². The van der Waals surface area contributed by atoms with E-state index in [9.17, 15) is 9.00 Å². The first kappa shape index (κ1) is 13.8. The van der Waals surface area contributed by atoms with E-state index in [2.05, 4.69) is 0 Å². The second-order valence-electron chi connectivity index (χ2n) is 4.14. The molecule has 0 saturated carbocycles. The Bertz CT molecular complexity index is 501. The Morgan fingerprint density at radius 1 is 1.42 bits per heavy atom. The van der Waals surface area contributed by atoms with Gasteiger partial charge in [-0.3, -0.25) is 4.79 Å². The number of hydrogen-bond donors (Lipinski definition) is 1. The van der Waals surface area contributed by atoms with Crippen LogP contribution >= 0.6 is 0 Å². The van der Waals surface area contributed by atoms with Crippen LogP contribution < -0.4 is 9.92 Å². The van der Waals surface area contributed by atoms with Gasteiger partial charge in [0.25, 0.3) is 5.91 Å². The van der Waals surface area contributed by atoms with Gasteiger partial charge in [-0.25, -0.2) is 4.21 Å². The van der Waals surface area contributed by atoms with Gasteiger partial charge in [0, 0.05) is 31.1 Å². The quantitative estimate of drug-likeness (QED) is 0.813. The first-order chi connectivity index (χ1) is 9.08. The molecule has 0 spiro atoms. The van der Waals surface area contributed by atoms with Gasteiger partial charge in [-0.1, -0.05) is 0 Å². The number of carbonyl (C=O) groups is 1. The lowest BCUT2D eigenvalue weighted by Crippen LogP contribution is -2.40. The van der Waals surface area contributed by atoms with Crippen molar-refractivity contribution in [1.82, 2.24) is 4.90 Å². The Morgan fingerprint density at radius 2 is 2.11 bits per heavy atom. The van der Waals surface area contributed by atoms with E-state index in [1.807, 2.05) is 0 Å². The normalized spacial score (nSPS) is 17.0. The summed E-state index contributed by atoms with van der Waals surface area (Å²) in [6.07, 6.45) is 1.40. The van der Waals surface area contributed by atoms with Crippen LogP contribution in [0.15, 0.2) is 18.2 Å². The van der Waals surface area contributed by atoms with Crippen LogP contribution in [0.3, 0.4) is 0 Å². The number of nitrogen functional groups attached to an aromatic ring is 1. The number of morpholine rings is 1. The lowest BCUT2D eigenvalue weighted by molar-refractivity contribution is 0.0302. The molecule has 2 rings (SSSR count). The minimum atomic E-state index is -1.51. The van der Waals surface area contributed by atoms with E-state index in [1.165, 1.54) is 12.3 Å². The zero-order valence-corrected chi connectivity index (χ0v) is 11.4. The molecule has 1 saturated heterocycles. The van der Waals surface area contributed by atoms with Crippen molar-refractivity contribution in [1.29, 1.82) is 0 Å². The molecular weight excluding hydrogens is 268 g/mol. The Morgan fingerprint density at radius 3 is 2.74 bits per heavy atom. The van der Waals surface area contributed by atoms with Crippen LogP contribution in [-0.4, -0.2) is 47.6 Å². The molecule has 1 unspecified atom stereocenters. The molecule has 7 heteroatoms. The maximum Gasteiger partial charge on any atom is 0.257 e. The molecule has 1 fully saturated rings. The fourth-order valence-corrected chi connectivity index (χ4v) is 2.24. The third-order valence-corrected chi connectivity index (χ3v) is 3.16. The predicted molar refractivity (Wildman–Crippen MR) is 72.3 cm³/mol. The van der Waals surface area contributed by atoms with Crippen molar-refractivity contribution in [3.05, 3.63) is 23.8 Å². The number of ether oxygens (including phenoxy) is 1. The van der Waals surface area contributed by atoms with Gasteiger partial charge in [0.1, 0.15) is 0 Å². The summed E-state index contributed by atoms with van der Waals surface area (Å²) in [5.41, 5.74) is 6.48. The van der Waals surface area contributed by atoms with Crippen LogP contribution in [0.5, 0.6) is 5.75 Å². The van der Waals surface area contributed by atoms with E-state index < -0.39 is 11.1 Å². The zero-order valence-electron chi connectivity index (χ0n) is 10.6.